The van der Waals surface area contributed by atoms with E-state index in [9.17, 15) is 19.2 Å². The van der Waals surface area contributed by atoms with E-state index < -0.39 is 17.5 Å². The molecule has 3 fully saturated rings. The SMILES string of the molecule is NCC(=O)N[C@H](Cc1ccc(Cl)cc1)C(=O)N1CCC2(CC1)C(=O)N(CC(=O)NC1CCCCC1)CN2c1ccccc1. The van der Waals surface area contributed by atoms with Crippen molar-refractivity contribution in [3.8, 4) is 0 Å². The Morgan fingerprint density at radius 1 is 0.953 bits per heavy atom. The average Bonchev–Trinajstić information content (AvgIpc) is 3.28. The quantitative estimate of drug-likeness (QED) is 0.401. The second kappa shape index (κ2) is 13.8. The largest absolute Gasteiger partial charge is 0.352 e. The highest BCUT2D eigenvalue weighted by Crippen LogP contribution is 2.39. The summed E-state index contributed by atoms with van der Waals surface area (Å²) in [5, 5.41) is 6.50. The summed E-state index contributed by atoms with van der Waals surface area (Å²) in [5.41, 5.74) is 6.44. The van der Waals surface area contributed by atoms with Crippen molar-refractivity contribution >= 4 is 40.9 Å². The number of nitrogens with zero attached hydrogens (tertiary/aromatic N) is 3. The standard InChI is InChI=1S/C32H41ClN6O4/c33-24-13-11-23(12-14-24)19-27(36-28(40)20-34)30(42)37-17-15-32(16-18-37)31(43)38(22-39(32)26-9-5-2-6-10-26)21-29(41)35-25-7-3-1-4-8-25/h2,5-6,9-14,25,27H,1,3-4,7-8,15-22,34H2,(H,35,41)(H,36,40)/t27-/m1/s1. The fourth-order valence-electron chi connectivity index (χ4n) is 6.64. The number of amides is 4. The lowest BCUT2D eigenvalue weighted by atomic mass is 9.85. The summed E-state index contributed by atoms with van der Waals surface area (Å²) in [6.45, 7) is 0.771. The summed E-state index contributed by atoms with van der Waals surface area (Å²) in [6, 6.07) is 16.3. The second-order valence-corrected chi connectivity index (χ2v) is 12.3. The summed E-state index contributed by atoms with van der Waals surface area (Å²) in [6.07, 6.45) is 6.50. The van der Waals surface area contributed by atoms with Gasteiger partial charge in [0.15, 0.2) is 0 Å². The lowest BCUT2D eigenvalue weighted by Crippen LogP contribution is -2.60. The molecule has 43 heavy (non-hydrogen) atoms. The number of hydrogen-bond acceptors (Lipinski definition) is 6. The third kappa shape index (κ3) is 7.13. The van der Waals surface area contributed by atoms with Crippen molar-refractivity contribution < 1.29 is 19.2 Å². The van der Waals surface area contributed by atoms with Gasteiger partial charge in [0, 0.05) is 36.3 Å². The smallest absolute Gasteiger partial charge is 0.250 e. The summed E-state index contributed by atoms with van der Waals surface area (Å²) in [7, 11) is 0. The summed E-state index contributed by atoms with van der Waals surface area (Å²) in [4.78, 5) is 58.5. The molecule has 2 aliphatic heterocycles. The number of likely N-dealkylation sites (tertiary alicyclic amines) is 1. The lowest BCUT2D eigenvalue weighted by Gasteiger charge is -2.44. The predicted octanol–water partition coefficient (Wildman–Crippen LogP) is 2.44. The third-order valence-corrected chi connectivity index (χ3v) is 9.21. The molecule has 2 heterocycles. The molecule has 10 nitrogen and oxygen atoms in total. The molecule has 0 bridgehead atoms. The highest BCUT2D eigenvalue weighted by Gasteiger charge is 2.54. The summed E-state index contributed by atoms with van der Waals surface area (Å²) >= 11 is 6.03. The van der Waals surface area contributed by atoms with Gasteiger partial charge in [-0.2, -0.15) is 0 Å². The number of halogens is 1. The van der Waals surface area contributed by atoms with Crippen LogP contribution >= 0.6 is 11.6 Å². The Labute approximate surface area is 257 Å². The highest BCUT2D eigenvalue weighted by atomic mass is 35.5. The first-order valence-corrected chi connectivity index (χ1v) is 15.6. The van der Waals surface area contributed by atoms with Crippen molar-refractivity contribution in [1.29, 1.82) is 0 Å². The van der Waals surface area contributed by atoms with Gasteiger partial charge in [0.1, 0.15) is 18.1 Å². The van der Waals surface area contributed by atoms with Crippen LogP contribution in [0.2, 0.25) is 5.02 Å². The van der Waals surface area contributed by atoms with Crippen LogP contribution < -0.4 is 21.3 Å². The Kier molecular flexibility index (Phi) is 9.87. The molecule has 2 saturated heterocycles. The zero-order valence-electron chi connectivity index (χ0n) is 24.5. The number of para-hydroxylation sites is 1. The number of nitrogens with two attached hydrogens (primary N) is 1. The molecule has 5 rings (SSSR count). The van der Waals surface area contributed by atoms with Gasteiger partial charge in [-0.15, -0.1) is 0 Å². The van der Waals surface area contributed by atoms with E-state index in [2.05, 4.69) is 15.5 Å². The molecule has 0 unspecified atom stereocenters. The van der Waals surface area contributed by atoms with E-state index >= 15 is 0 Å². The maximum Gasteiger partial charge on any atom is 0.250 e. The Bertz CT molecular complexity index is 1290. The van der Waals surface area contributed by atoms with E-state index in [1.807, 2.05) is 42.5 Å². The van der Waals surface area contributed by atoms with Crippen LogP contribution in [0.25, 0.3) is 0 Å². The monoisotopic (exact) mass is 608 g/mol. The highest BCUT2D eigenvalue weighted by molar-refractivity contribution is 6.30. The maximum absolute atomic E-state index is 14.1. The summed E-state index contributed by atoms with van der Waals surface area (Å²) < 4.78 is 0. The lowest BCUT2D eigenvalue weighted by molar-refractivity contribution is -0.141. The molecule has 0 radical (unpaired) electrons. The van der Waals surface area contributed by atoms with Gasteiger partial charge < -0.3 is 31.1 Å². The number of nitrogens with one attached hydrogen (secondary N) is 2. The molecule has 1 saturated carbocycles. The van der Waals surface area contributed by atoms with E-state index in [0.29, 0.717) is 44.0 Å². The first kappa shape index (κ1) is 30.8. The molecular weight excluding hydrogens is 568 g/mol. The van der Waals surface area contributed by atoms with Crippen molar-refractivity contribution in [2.24, 2.45) is 5.73 Å². The van der Waals surface area contributed by atoms with Crippen molar-refractivity contribution in [2.75, 3.05) is 37.7 Å². The Balaban J connectivity index is 1.30. The zero-order chi connectivity index (χ0) is 30.4. The number of carbonyl (C=O) groups excluding carboxylic acids is 4. The molecule has 0 aromatic heterocycles. The number of carbonyl (C=O) groups is 4. The maximum atomic E-state index is 14.1. The number of piperidine rings is 1. The molecule has 3 aliphatic rings. The molecule has 230 valence electrons. The van der Waals surface area contributed by atoms with Gasteiger partial charge in [0.05, 0.1) is 13.2 Å². The van der Waals surface area contributed by atoms with Crippen LogP contribution in [-0.4, -0.2) is 83.9 Å². The van der Waals surface area contributed by atoms with Gasteiger partial charge in [-0.05, 0) is 55.5 Å². The average molecular weight is 609 g/mol. The van der Waals surface area contributed by atoms with Crippen LogP contribution in [0.1, 0.15) is 50.5 Å². The molecule has 2 aromatic rings. The fraction of sp³-hybridized carbons (Fsp3) is 0.500. The number of hydrogen-bond donors (Lipinski definition) is 3. The van der Waals surface area contributed by atoms with Gasteiger partial charge in [0.2, 0.25) is 17.7 Å². The Hall–Kier alpha value is -3.63. The molecule has 4 amide bonds. The van der Waals surface area contributed by atoms with Crippen LogP contribution in [0.15, 0.2) is 54.6 Å². The van der Waals surface area contributed by atoms with E-state index in [0.717, 1.165) is 36.9 Å². The molecule has 4 N–H and O–H groups in total. The molecule has 2 aromatic carbocycles. The number of rotatable bonds is 9. The summed E-state index contributed by atoms with van der Waals surface area (Å²) in [5.74, 6) is -0.841. The molecule has 1 spiro atoms. The zero-order valence-corrected chi connectivity index (χ0v) is 25.2. The van der Waals surface area contributed by atoms with Gasteiger partial charge in [0.25, 0.3) is 5.91 Å². The van der Waals surface area contributed by atoms with Crippen LogP contribution in [0.5, 0.6) is 0 Å². The minimum absolute atomic E-state index is 0.0113. The minimum Gasteiger partial charge on any atom is -0.352 e. The number of benzene rings is 2. The van der Waals surface area contributed by atoms with E-state index in [1.165, 1.54) is 6.42 Å². The van der Waals surface area contributed by atoms with Crippen LogP contribution in [0, 0.1) is 0 Å². The van der Waals surface area contributed by atoms with Crippen LogP contribution in [-0.2, 0) is 25.6 Å². The first-order valence-electron chi connectivity index (χ1n) is 15.2. The van der Waals surface area contributed by atoms with Gasteiger partial charge in [-0.25, -0.2) is 0 Å². The van der Waals surface area contributed by atoms with Crippen molar-refractivity contribution in [1.82, 2.24) is 20.4 Å². The van der Waals surface area contributed by atoms with Crippen LogP contribution in [0.3, 0.4) is 0 Å². The molecular formula is C32H41ClN6O4. The number of anilines is 1. The topological polar surface area (TPSA) is 128 Å². The molecule has 11 heteroatoms. The van der Waals surface area contributed by atoms with Gasteiger partial charge >= 0.3 is 0 Å². The van der Waals surface area contributed by atoms with Gasteiger partial charge in [-0.3, -0.25) is 19.2 Å². The predicted molar refractivity (Wildman–Crippen MR) is 165 cm³/mol. The Morgan fingerprint density at radius 3 is 2.28 bits per heavy atom. The van der Waals surface area contributed by atoms with Crippen molar-refractivity contribution in [2.45, 2.75) is 69.0 Å². The van der Waals surface area contributed by atoms with E-state index in [4.69, 9.17) is 17.3 Å². The van der Waals surface area contributed by atoms with E-state index in [-0.39, 0.29) is 36.9 Å². The third-order valence-electron chi connectivity index (χ3n) is 8.96. The normalized spacial score (nSPS) is 19.4. The van der Waals surface area contributed by atoms with Crippen LogP contribution in [0.4, 0.5) is 5.69 Å². The second-order valence-electron chi connectivity index (χ2n) is 11.8. The Morgan fingerprint density at radius 2 is 1.63 bits per heavy atom. The fourth-order valence-corrected chi connectivity index (χ4v) is 6.77. The molecule has 1 atom stereocenters. The van der Waals surface area contributed by atoms with E-state index in [1.54, 1.807) is 21.9 Å². The minimum atomic E-state index is -0.866. The first-order chi connectivity index (χ1) is 20.8. The van der Waals surface area contributed by atoms with Gasteiger partial charge in [-0.1, -0.05) is 61.2 Å². The van der Waals surface area contributed by atoms with Crippen molar-refractivity contribution in [3.63, 3.8) is 0 Å². The van der Waals surface area contributed by atoms with Crippen molar-refractivity contribution in [3.05, 3.63) is 65.2 Å². The molecule has 1 aliphatic carbocycles.